The van der Waals surface area contributed by atoms with E-state index in [0.29, 0.717) is 10.6 Å². The molecule has 0 saturated heterocycles. The fraction of sp³-hybridized carbons (Fsp3) is 0.375. The van der Waals surface area contributed by atoms with Crippen molar-refractivity contribution >= 4 is 23.1 Å². The number of carbonyl (C=O) groups is 1. The van der Waals surface area contributed by atoms with Crippen LogP contribution in [0.2, 0.25) is 5.02 Å². The third-order valence-electron chi connectivity index (χ3n) is 6.65. The van der Waals surface area contributed by atoms with Crippen molar-refractivity contribution in [3.63, 3.8) is 0 Å². The maximum absolute atomic E-state index is 13.1. The van der Waals surface area contributed by atoms with Crippen LogP contribution in [0.5, 0.6) is 0 Å². The van der Waals surface area contributed by atoms with Gasteiger partial charge in [-0.3, -0.25) is 4.79 Å². The van der Waals surface area contributed by atoms with Crippen LogP contribution in [-0.4, -0.2) is 22.7 Å². The van der Waals surface area contributed by atoms with E-state index in [-0.39, 0.29) is 37.0 Å². The van der Waals surface area contributed by atoms with Crippen LogP contribution >= 0.6 is 11.6 Å². The van der Waals surface area contributed by atoms with Crippen molar-refractivity contribution in [3.8, 4) is 11.1 Å². The molecule has 164 valence electrons. The Bertz CT molecular complexity index is 1070. The molecular formula is C24H23ClF3NO2. The molecule has 1 aliphatic heterocycles. The number of rotatable bonds is 2. The Balaban J connectivity index is 1.76. The van der Waals surface area contributed by atoms with Gasteiger partial charge in [0.2, 0.25) is 0 Å². The Labute approximate surface area is 183 Å². The molecule has 0 unspecified atom stereocenters. The minimum absolute atomic E-state index is 0.0627. The first kappa shape index (κ1) is 21.8. The van der Waals surface area contributed by atoms with Gasteiger partial charge in [-0.1, -0.05) is 35.9 Å². The first-order valence-electron chi connectivity index (χ1n) is 10.2. The normalized spacial score (nSPS) is 24.1. The van der Waals surface area contributed by atoms with E-state index in [4.69, 9.17) is 11.6 Å². The molecule has 4 rings (SSSR count). The Kier molecular flexibility index (Phi) is 5.32. The minimum Gasteiger partial charge on any atom is -0.509 e. The number of aliphatic hydroxyl groups excluding tert-OH is 1. The zero-order chi connectivity index (χ0) is 22.6. The Hall–Kier alpha value is -2.47. The Morgan fingerprint density at radius 1 is 1.06 bits per heavy atom. The molecule has 7 heteroatoms. The van der Waals surface area contributed by atoms with Crippen LogP contribution in [0.1, 0.15) is 42.4 Å². The van der Waals surface area contributed by atoms with Crippen LogP contribution in [0.3, 0.4) is 0 Å². The molecule has 0 atom stereocenters. The lowest BCUT2D eigenvalue weighted by atomic mass is 9.75. The average Bonchev–Trinajstić information content (AvgIpc) is 2.93. The highest BCUT2D eigenvalue weighted by Gasteiger charge is 2.52. The molecule has 2 aromatic rings. The summed E-state index contributed by atoms with van der Waals surface area (Å²) >= 11 is 5.99. The lowest BCUT2D eigenvalue weighted by Gasteiger charge is -2.37. The van der Waals surface area contributed by atoms with Crippen LogP contribution in [0.4, 0.5) is 13.2 Å². The van der Waals surface area contributed by atoms with Crippen molar-refractivity contribution in [1.82, 2.24) is 5.32 Å². The van der Waals surface area contributed by atoms with Crippen molar-refractivity contribution in [1.29, 1.82) is 0 Å². The van der Waals surface area contributed by atoms with Crippen molar-refractivity contribution in [2.24, 2.45) is 5.92 Å². The van der Waals surface area contributed by atoms with E-state index in [0.717, 1.165) is 22.3 Å². The zero-order valence-corrected chi connectivity index (χ0v) is 18.0. The third-order valence-corrected chi connectivity index (χ3v) is 6.90. The number of carbonyl (C=O) groups excluding carboxylic acids is 1. The molecule has 3 nitrogen and oxygen atoms in total. The highest BCUT2D eigenvalue weighted by atomic mass is 35.5. The molecule has 2 aromatic carbocycles. The fourth-order valence-electron chi connectivity index (χ4n) is 4.89. The Morgan fingerprint density at radius 3 is 2.26 bits per heavy atom. The number of hydrogen-bond donors (Lipinski definition) is 2. The number of aryl methyl sites for hydroxylation is 1. The van der Waals surface area contributed by atoms with Crippen LogP contribution in [0.25, 0.3) is 16.7 Å². The lowest BCUT2D eigenvalue weighted by molar-refractivity contribution is -0.184. The number of hydrogen-bond acceptors (Lipinski definition) is 2. The molecule has 0 bridgehead atoms. The second-order valence-electron chi connectivity index (χ2n) is 8.51. The van der Waals surface area contributed by atoms with Crippen molar-refractivity contribution < 1.29 is 23.1 Å². The minimum atomic E-state index is -4.26. The predicted molar refractivity (Wildman–Crippen MR) is 115 cm³/mol. The van der Waals surface area contributed by atoms with E-state index in [1.165, 1.54) is 0 Å². The Morgan fingerprint density at radius 2 is 1.68 bits per heavy atom. The summed E-state index contributed by atoms with van der Waals surface area (Å²) in [5, 5.41) is 14.5. The first-order valence-corrected chi connectivity index (χ1v) is 10.6. The van der Waals surface area contributed by atoms with Crippen molar-refractivity contribution in [2.45, 2.75) is 51.2 Å². The summed E-state index contributed by atoms with van der Waals surface area (Å²) in [5.74, 6) is -1.98. The van der Waals surface area contributed by atoms with Crippen molar-refractivity contribution in [3.05, 3.63) is 63.9 Å². The molecule has 31 heavy (non-hydrogen) atoms. The molecule has 0 aromatic heterocycles. The number of nitrogens with one attached hydrogen (secondary N) is 1. The summed E-state index contributed by atoms with van der Waals surface area (Å²) in [6.45, 7) is 3.73. The summed E-state index contributed by atoms with van der Waals surface area (Å²) < 4.78 is 39.3. The van der Waals surface area contributed by atoms with E-state index < -0.39 is 23.5 Å². The fourth-order valence-corrected chi connectivity index (χ4v) is 5.02. The summed E-state index contributed by atoms with van der Waals surface area (Å²) in [6.07, 6.45) is -4.37. The number of amides is 1. The van der Waals surface area contributed by atoms with E-state index in [1.54, 1.807) is 12.1 Å². The predicted octanol–water partition coefficient (Wildman–Crippen LogP) is 6.51. The third kappa shape index (κ3) is 3.71. The van der Waals surface area contributed by atoms with E-state index in [9.17, 15) is 23.1 Å². The molecule has 1 fully saturated rings. The van der Waals surface area contributed by atoms with Gasteiger partial charge in [0.15, 0.2) is 0 Å². The van der Waals surface area contributed by atoms with Crippen LogP contribution < -0.4 is 5.32 Å². The van der Waals surface area contributed by atoms with E-state index >= 15 is 0 Å². The molecule has 1 spiro atoms. The van der Waals surface area contributed by atoms with Crippen molar-refractivity contribution in [2.75, 3.05) is 0 Å². The zero-order valence-electron chi connectivity index (χ0n) is 17.2. The van der Waals surface area contributed by atoms with Gasteiger partial charge in [0.05, 0.1) is 17.0 Å². The highest BCUT2D eigenvalue weighted by molar-refractivity contribution is 6.30. The topological polar surface area (TPSA) is 49.3 Å². The standard InChI is InChI=1S/C24H23ClF3NO2/c1-13-3-8-18(15-4-6-17(25)7-5-15)14(2)19(13)20-21(30)23(29-22(20)31)11-9-16(10-12-23)24(26,27)28/h3-8,16,30H,9-12H2,1-2H3,(H,29,31)/t16-,23-. The van der Waals surface area contributed by atoms with Gasteiger partial charge in [-0.25, -0.2) is 0 Å². The summed E-state index contributed by atoms with van der Waals surface area (Å²) in [7, 11) is 0. The molecule has 1 saturated carbocycles. The largest absolute Gasteiger partial charge is 0.509 e. The number of benzene rings is 2. The quantitative estimate of drug-likeness (QED) is 0.548. The number of halogens is 4. The van der Waals surface area contributed by atoms with Gasteiger partial charge < -0.3 is 10.4 Å². The van der Waals surface area contributed by atoms with Crippen LogP contribution in [-0.2, 0) is 4.79 Å². The molecule has 1 amide bonds. The number of alkyl halides is 3. The van der Waals surface area contributed by atoms with Gasteiger partial charge in [0, 0.05) is 5.02 Å². The molecule has 2 N–H and O–H groups in total. The first-order chi connectivity index (χ1) is 14.5. The lowest BCUT2D eigenvalue weighted by Crippen LogP contribution is -2.48. The average molecular weight is 450 g/mol. The van der Waals surface area contributed by atoms with Gasteiger partial charge in [-0.2, -0.15) is 13.2 Å². The second kappa shape index (κ2) is 7.59. The molecule has 0 radical (unpaired) electrons. The van der Waals surface area contributed by atoms with Gasteiger partial charge in [-0.05, 0) is 79.5 Å². The second-order valence-corrected chi connectivity index (χ2v) is 8.95. The van der Waals surface area contributed by atoms with Gasteiger partial charge in [0.1, 0.15) is 5.76 Å². The highest BCUT2D eigenvalue weighted by Crippen LogP contribution is 2.48. The molecule has 2 aliphatic rings. The van der Waals surface area contributed by atoms with E-state index in [1.807, 2.05) is 38.1 Å². The summed E-state index contributed by atoms with van der Waals surface area (Å²) in [6, 6.07) is 11.2. The maximum atomic E-state index is 13.1. The molecular weight excluding hydrogens is 427 g/mol. The molecule has 1 heterocycles. The maximum Gasteiger partial charge on any atom is 0.391 e. The van der Waals surface area contributed by atoms with Crippen LogP contribution in [0.15, 0.2) is 42.2 Å². The van der Waals surface area contributed by atoms with Gasteiger partial charge in [-0.15, -0.1) is 0 Å². The monoisotopic (exact) mass is 449 g/mol. The summed E-state index contributed by atoms with van der Waals surface area (Å²) in [5.41, 5.74) is 3.11. The van der Waals surface area contributed by atoms with Gasteiger partial charge in [0.25, 0.3) is 5.91 Å². The smallest absolute Gasteiger partial charge is 0.391 e. The number of aliphatic hydroxyl groups is 1. The van der Waals surface area contributed by atoms with Gasteiger partial charge >= 0.3 is 6.18 Å². The SMILES string of the molecule is Cc1ccc(-c2ccc(Cl)cc2)c(C)c1C1=C(O)[C@]2(CC[C@@H](C(F)(F)F)CC2)NC1=O. The van der Waals surface area contributed by atoms with E-state index in [2.05, 4.69) is 5.32 Å². The van der Waals surface area contributed by atoms with Crippen LogP contribution in [0, 0.1) is 19.8 Å². The molecule has 1 aliphatic carbocycles. The summed E-state index contributed by atoms with van der Waals surface area (Å²) in [4.78, 5) is 13.0.